The van der Waals surface area contributed by atoms with Gasteiger partial charge in [-0.2, -0.15) is 0 Å². The second kappa shape index (κ2) is 6.79. The fourth-order valence-corrected chi connectivity index (χ4v) is 3.28. The predicted octanol–water partition coefficient (Wildman–Crippen LogP) is 2.79. The summed E-state index contributed by atoms with van der Waals surface area (Å²) in [6.07, 6.45) is 1.83. The van der Waals surface area contributed by atoms with Gasteiger partial charge in [-0.05, 0) is 39.2 Å². The van der Waals surface area contributed by atoms with Crippen molar-refractivity contribution >= 4 is 23.5 Å². The third kappa shape index (κ3) is 3.09. The van der Waals surface area contributed by atoms with Crippen molar-refractivity contribution in [2.24, 2.45) is 0 Å². The van der Waals surface area contributed by atoms with Gasteiger partial charge in [0.2, 0.25) is 0 Å². The van der Waals surface area contributed by atoms with E-state index < -0.39 is 11.9 Å². The number of hydrogen-bond donors (Lipinski definition) is 2. The standard InChI is InChI=1S/C17H19N3O4S/c1-5-23-16(22)11-9(3)18-14-13(15(21)20-17(19-14)25-4)12(11)10-7-6-8(2)24-10/h6-7,12H,5H2,1-4H3,(H2,18,19,20,21)/t12-/m1/s1. The van der Waals surface area contributed by atoms with Crippen molar-refractivity contribution in [1.82, 2.24) is 9.97 Å². The van der Waals surface area contributed by atoms with Crippen molar-refractivity contribution in [1.29, 1.82) is 0 Å². The molecule has 2 N–H and O–H groups in total. The molecule has 1 aliphatic heterocycles. The van der Waals surface area contributed by atoms with Gasteiger partial charge < -0.3 is 19.5 Å². The Morgan fingerprint density at radius 3 is 2.76 bits per heavy atom. The number of furan rings is 1. The summed E-state index contributed by atoms with van der Waals surface area (Å²) in [5.74, 6) is 0.479. The highest BCUT2D eigenvalue weighted by atomic mass is 32.2. The van der Waals surface area contributed by atoms with Gasteiger partial charge in [0.1, 0.15) is 17.3 Å². The number of hydrogen-bond acceptors (Lipinski definition) is 7. The predicted molar refractivity (Wildman–Crippen MR) is 94.9 cm³/mol. The Labute approximate surface area is 148 Å². The van der Waals surface area contributed by atoms with Crippen molar-refractivity contribution < 1.29 is 13.9 Å². The lowest BCUT2D eigenvalue weighted by molar-refractivity contribution is -0.138. The number of esters is 1. The molecule has 3 rings (SSSR count). The quantitative estimate of drug-likeness (QED) is 0.491. The number of carbonyl (C=O) groups is 1. The minimum Gasteiger partial charge on any atom is -0.465 e. The lowest BCUT2D eigenvalue weighted by Gasteiger charge is -2.27. The summed E-state index contributed by atoms with van der Waals surface area (Å²) in [6.45, 7) is 5.56. The SMILES string of the molecule is CCOC(=O)C1=C(C)Nc2nc(SC)[nH]c(=O)c2[C@@H]1c1ccc(C)o1. The van der Waals surface area contributed by atoms with Gasteiger partial charge in [0.05, 0.1) is 23.7 Å². The number of ether oxygens (including phenoxy) is 1. The zero-order valence-electron chi connectivity index (χ0n) is 14.4. The van der Waals surface area contributed by atoms with Crippen LogP contribution in [0, 0.1) is 6.92 Å². The molecular formula is C17H19N3O4S. The topological polar surface area (TPSA) is 97.2 Å². The lowest BCUT2D eigenvalue weighted by atomic mass is 9.86. The Hall–Kier alpha value is -2.48. The van der Waals surface area contributed by atoms with Gasteiger partial charge in [-0.3, -0.25) is 4.79 Å². The lowest BCUT2D eigenvalue weighted by Crippen LogP contribution is -2.31. The molecule has 0 radical (unpaired) electrons. The van der Waals surface area contributed by atoms with Crippen molar-refractivity contribution in [2.75, 3.05) is 18.2 Å². The molecule has 0 spiro atoms. The van der Waals surface area contributed by atoms with Gasteiger partial charge in [-0.15, -0.1) is 0 Å². The molecule has 25 heavy (non-hydrogen) atoms. The van der Waals surface area contributed by atoms with Crippen molar-refractivity contribution in [3.63, 3.8) is 0 Å². The van der Waals surface area contributed by atoms with Gasteiger partial charge in [0, 0.05) is 5.70 Å². The maximum atomic E-state index is 12.7. The molecule has 0 amide bonds. The number of aromatic nitrogens is 2. The van der Waals surface area contributed by atoms with Gasteiger partial charge >= 0.3 is 5.97 Å². The van der Waals surface area contributed by atoms with Crippen LogP contribution < -0.4 is 10.9 Å². The van der Waals surface area contributed by atoms with E-state index >= 15 is 0 Å². The molecule has 1 aliphatic rings. The third-order valence-electron chi connectivity index (χ3n) is 3.96. The van der Waals surface area contributed by atoms with Crippen LogP contribution in [0.25, 0.3) is 0 Å². The van der Waals surface area contributed by atoms with Crippen LogP contribution in [0.5, 0.6) is 0 Å². The normalized spacial score (nSPS) is 16.4. The summed E-state index contributed by atoms with van der Waals surface area (Å²) in [4.78, 5) is 32.4. The molecule has 132 valence electrons. The van der Waals surface area contributed by atoms with Crippen molar-refractivity contribution in [3.05, 3.63) is 50.8 Å². The maximum absolute atomic E-state index is 12.7. The van der Waals surface area contributed by atoms with E-state index in [1.807, 2.05) is 13.2 Å². The zero-order chi connectivity index (χ0) is 18.1. The molecule has 0 aromatic carbocycles. The van der Waals surface area contributed by atoms with Crippen LogP contribution in [0.1, 0.15) is 36.8 Å². The van der Waals surface area contributed by atoms with Gasteiger partial charge in [0.15, 0.2) is 5.16 Å². The Bertz CT molecular complexity index is 913. The summed E-state index contributed by atoms with van der Waals surface area (Å²) in [5.41, 5.74) is 0.985. The highest BCUT2D eigenvalue weighted by Crippen LogP contribution is 2.40. The first-order valence-electron chi connectivity index (χ1n) is 7.85. The number of nitrogens with zero attached hydrogens (tertiary/aromatic N) is 1. The van der Waals surface area contributed by atoms with Crippen LogP contribution in [-0.4, -0.2) is 28.8 Å². The minimum atomic E-state index is -0.670. The minimum absolute atomic E-state index is 0.242. The van der Waals surface area contributed by atoms with Crippen molar-refractivity contribution in [3.8, 4) is 0 Å². The number of rotatable bonds is 4. The van der Waals surface area contributed by atoms with Crippen LogP contribution in [0.2, 0.25) is 0 Å². The fraction of sp³-hybridized carbons (Fsp3) is 0.353. The first-order chi connectivity index (χ1) is 12.0. The molecular weight excluding hydrogens is 342 g/mol. The molecule has 3 heterocycles. The zero-order valence-corrected chi connectivity index (χ0v) is 15.2. The largest absolute Gasteiger partial charge is 0.465 e. The number of H-pyrrole nitrogens is 1. The molecule has 0 saturated heterocycles. The summed E-state index contributed by atoms with van der Waals surface area (Å²) >= 11 is 1.34. The number of aryl methyl sites for hydroxylation is 1. The summed E-state index contributed by atoms with van der Waals surface area (Å²) < 4.78 is 10.9. The highest BCUT2D eigenvalue weighted by Gasteiger charge is 2.38. The van der Waals surface area contributed by atoms with E-state index in [0.29, 0.717) is 39.3 Å². The fourth-order valence-electron chi connectivity index (χ4n) is 2.90. The number of fused-ring (bicyclic) bond motifs is 1. The smallest absolute Gasteiger partial charge is 0.336 e. The van der Waals surface area contributed by atoms with Crippen LogP contribution in [0.3, 0.4) is 0 Å². The first kappa shape index (κ1) is 17.3. The van der Waals surface area contributed by atoms with E-state index in [4.69, 9.17) is 9.15 Å². The summed E-state index contributed by atoms with van der Waals surface area (Å²) in [7, 11) is 0. The molecule has 0 aliphatic carbocycles. The van der Waals surface area contributed by atoms with E-state index in [1.54, 1.807) is 26.0 Å². The van der Waals surface area contributed by atoms with Gasteiger partial charge in [-0.1, -0.05) is 11.8 Å². The van der Waals surface area contributed by atoms with Gasteiger partial charge in [-0.25, -0.2) is 9.78 Å². The molecule has 7 nitrogen and oxygen atoms in total. The van der Waals surface area contributed by atoms with E-state index in [2.05, 4.69) is 15.3 Å². The number of anilines is 1. The Kier molecular flexibility index (Phi) is 4.71. The number of nitrogens with one attached hydrogen (secondary N) is 2. The number of carbonyl (C=O) groups excluding carboxylic acids is 1. The van der Waals surface area contributed by atoms with Crippen LogP contribution >= 0.6 is 11.8 Å². The summed E-state index contributed by atoms with van der Waals surface area (Å²) in [6, 6.07) is 3.57. The Morgan fingerprint density at radius 1 is 1.40 bits per heavy atom. The Morgan fingerprint density at radius 2 is 2.16 bits per heavy atom. The van der Waals surface area contributed by atoms with Crippen LogP contribution in [0.15, 0.2) is 37.8 Å². The molecule has 0 unspecified atom stereocenters. The van der Waals surface area contributed by atoms with Crippen molar-refractivity contribution in [2.45, 2.75) is 31.8 Å². The molecule has 0 fully saturated rings. The monoisotopic (exact) mass is 361 g/mol. The second-order valence-electron chi connectivity index (χ2n) is 5.60. The number of thioether (sulfide) groups is 1. The van der Waals surface area contributed by atoms with Crippen LogP contribution in [-0.2, 0) is 9.53 Å². The van der Waals surface area contributed by atoms with Crippen LogP contribution in [0.4, 0.5) is 5.82 Å². The maximum Gasteiger partial charge on any atom is 0.336 e. The number of aromatic amines is 1. The second-order valence-corrected chi connectivity index (χ2v) is 6.40. The summed E-state index contributed by atoms with van der Waals surface area (Å²) in [5, 5.41) is 3.56. The Balaban J connectivity index is 2.24. The average Bonchev–Trinajstić information content (AvgIpc) is 2.99. The molecule has 0 bridgehead atoms. The molecule has 2 aromatic rings. The molecule has 8 heteroatoms. The van der Waals surface area contributed by atoms with E-state index in [9.17, 15) is 9.59 Å². The highest BCUT2D eigenvalue weighted by molar-refractivity contribution is 7.98. The number of allylic oxidation sites excluding steroid dienone is 1. The third-order valence-corrected chi connectivity index (χ3v) is 4.54. The van der Waals surface area contributed by atoms with E-state index in [1.165, 1.54) is 11.8 Å². The first-order valence-corrected chi connectivity index (χ1v) is 9.08. The van der Waals surface area contributed by atoms with Gasteiger partial charge in [0.25, 0.3) is 5.56 Å². The van der Waals surface area contributed by atoms with E-state index in [-0.39, 0.29) is 12.2 Å². The van der Waals surface area contributed by atoms with E-state index in [0.717, 1.165) is 0 Å². The molecule has 2 aromatic heterocycles. The molecule has 0 saturated carbocycles. The average molecular weight is 361 g/mol. The molecule has 1 atom stereocenters.